The van der Waals surface area contributed by atoms with E-state index in [-0.39, 0.29) is 11.8 Å². The number of nitrogens with one attached hydrogen (secondary N) is 1. The van der Waals surface area contributed by atoms with Crippen molar-refractivity contribution in [1.29, 1.82) is 0 Å². The van der Waals surface area contributed by atoms with Crippen LogP contribution in [0.1, 0.15) is 36.7 Å². The molecule has 4 rings (SSSR count). The Morgan fingerprint density at radius 2 is 1.80 bits per heavy atom. The molecule has 1 aromatic heterocycles. The average Bonchev–Trinajstić information content (AvgIpc) is 3.40. The predicted molar refractivity (Wildman–Crippen MR) is 97.3 cm³/mol. The standard InChI is InChI=1S/C20H25N3O2/c1-14(15-6-7-15)12-19(24)22-8-10-23(11-9-22)20(25)18-13-16-4-2-3-5-17(16)21-18/h2-5,13-15,21H,6-12H2,1H3/t14-/m1/s1. The number of rotatable bonds is 4. The number of H-pyrrole nitrogens is 1. The van der Waals surface area contributed by atoms with Gasteiger partial charge in [-0.05, 0) is 36.8 Å². The maximum absolute atomic E-state index is 12.7. The molecule has 0 bridgehead atoms. The lowest BCUT2D eigenvalue weighted by Gasteiger charge is -2.35. The maximum atomic E-state index is 12.7. The number of aromatic nitrogens is 1. The number of aromatic amines is 1. The van der Waals surface area contributed by atoms with Gasteiger partial charge in [0.2, 0.25) is 5.91 Å². The van der Waals surface area contributed by atoms with Crippen LogP contribution in [0.15, 0.2) is 30.3 Å². The summed E-state index contributed by atoms with van der Waals surface area (Å²) in [5, 5.41) is 1.05. The second kappa shape index (κ2) is 6.54. The van der Waals surface area contributed by atoms with E-state index in [1.807, 2.05) is 40.1 Å². The molecule has 1 saturated carbocycles. The molecular weight excluding hydrogens is 314 g/mol. The smallest absolute Gasteiger partial charge is 0.270 e. The molecule has 1 aliphatic carbocycles. The zero-order valence-corrected chi connectivity index (χ0v) is 14.7. The number of amides is 2. The molecule has 0 radical (unpaired) electrons. The summed E-state index contributed by atoms with van der Waals surface area (Å²) < 4.78 is 0. The molecule has 1 saturated heterocycles. The summed E-state index contributed by atoms with van der Waals surface area (Å²) in [5.41, 5.74) is 1.61. The van der Waals surface area contributed by atoms with Crippen LogP contribution >= 0.6 is 0 Å². The van der Waals surface area contributed by atoms with Crippen molar-refractivity contribution in [3.8, 4) is 0 Å². The first-order valence-corrected chi connectivity index (χ1v) is 9.26. The first kappa shape index (κ1) is 16.2. The Hall–Kier alpha value is -2.30. The highest BCUT2D eigenvalue weighted by Crippen LogP contribution is 2.38. The highest BCUT2D eigenvalue weighted by Gasteiger charge is 2.32. The molecule has 1 aliphatic heterocycles. The van der Waals surface area contributed by atoms with Crippen molar-refractivity contribution < 1.29 is 9.59 Å². The van der Waals surface area contributed by atoms with Crippen LogP contribution in [0, 0.1) is 11.8 Å². The summed E-state index contributed by atoms with van der Waals surface area (Å²) in [6.07, 6.45) is 3.21. The number of carbonyl (C=O) groups excluding carboxylic acids is 2. The molecule has 2 aliphatic rings. The molecule has 25 heavy (non-hydrogen) atoms. The third-order valence-electron chi connectivity index (χ3n) is 5.60. The molecule has 5 heteroatoms. The summed E-state index contributed by atoms with van der Waals surface area (Å²) in [7, 11) is 0. The fraction of sp³-hybridized carbons (Fsp3) is 0.500. The second-order valence-corrected chi connectivity index (χ2v) is 7.46. The van der Waals surface area contributed by atoms with Gasteiger partial charge in [-0.15, -0.1) is 0 Å². The van der Waals surface area contributed by atoms with Crippen LogP contribution in [-0.2, 0) is 4.79 Å². The molecule has 2 aromatic rings. The summed E-state index contributed by atoms with van der Waals surface area (Å²) >= 11 is 0. The van der Waals surface area contributed by atoms with E-state index in [0.717, 1.165) is 16.8 Å². The van der Waals surface area contributed by atoms with E-state index in [1.165, 1.54) is 12.8 Å². The van der Waals surface area contributed by atoms with E-state index < -0.39 is 0 Å². The molecule has 132 valence electrons. The van der Waals surface area contributed by atoms with Crippen molar-refractivity contribution in [2.24, 2.45) is 11.8 Å². The van der Waals surface area contributed by atoms with Crippen LogP contribution in [-0.4, -0.2) is 52.8 Å². The number of hydrogen-bond donors (Lipinski definition) is 1. The highest BCUT2D eigenvalue weighted by atomic mass is 16.2. The molecular formula is C20H25N3O2. The molecule has 5 nitrogen and oxygen atoms in total. The summed E-state index contributed by atoms with van der Waals surface area (Å²) in [4.78, 5) is 32.1. The van der Waals surface area contributed by atoms with E-state index in [9.17, 15) is 9.59 Å². The van der Waals surface area contributed by atoms with E-state index in [0.29, 0.717) is 44.2 Å². The number of para-hydroxylation sites is 1. The molecule has 2 heterocycles. The summed E-state index contributed by atoms with van der Waals surface area (Å²) in [6, 6.07) is 9.81. The maximum Gasteiger partial charge on any atom is 0.270 e. The third-order valence-corrected chi connectivity index (χ3v) is 5.60. The van der Waals surface area contributed by atoms with Gasteiger partial charge >= 0.3 is 0 Å². The van der Waals surface area contributed by atoms with Crippen molar-refractivity contribution in [2.75, 3.05) is 26.2 Å². The van der Waals surface area contributed by atoms with Crippen molar-refractivity contribution in [1.82, 2.24) is 14.8 Å². The van der Waals surface area contributed by atoms with E-state index in [4.69, 9.17) is 0 Å². The van der Waals surface area contributed by atoms with E-state index in [2.05, 4.69) is 11.9 Å². The molecule has 1 aromatic carbocycles. The van der Waals surface area contributed by atoms with Crippen molar-refractivity contribution in [3.63, 3.8) is 0 Å². The van der Waals surface area contributed by atoms with Gasteiger partial charge in [0.1, 0.15) is 5.69 Å². The predicted octanol–water partition coefficient (Wildman–Crippen LogP) is 2.89. The minimum atomic E-state index is 0.0228. The Labute approximate surface area is 148 Å². The largest absolute Gasteiger partial charge is 0.351 e. The lowest BCUT2D eigenvalue weighted by molar-refractivity contribution is -0.133. The monoisotopic (exact) mass is 339 g/mol. The van der Waals surface area contributed by atoms with Gasteiger partial charge in [0.05, 0.1) is 0 Å². The number of hydrogen-bond acceptors (Lipinski definition) is 2. The minimum absolute atomic E-state index is 0.0228. The van der Waals surface area contributed by atoms with Crippen LogP contribution in [0.25, 0.3) is 10.9 Å². The van der Waals surface area contributed by atoms with Gasteiger partial charge in [-0.25, -0.2) is 0 Å². The second-order valence-electron chi connectivity index (χ2n) is 7.46. The van der Waals surface area contributed by atoms with Crippen molar-refractivity contribution in [2.45, 2.75) is 26.2 Å². The van der Waals surface area contributed by atoms with Crippen LogP contribution < -0.4 is 0 Å². The Kier molecular flexibility index (Phi) is 4.24. The molecule has 2 amide bonds. The fourth-order valence-electron chi connectivity index (χ4n) is 3.75. The summed E-state index contributed by atoms with van der Waals surface area (Å²) in [5.74, 6) is 1.53. The van der Waals surface area contributed by atoms with Gasteiger partial charge in [-0.3, -0.25) is 9.59 Å². The topological polar surface area (TPSA) is 56.4 Å². The van der Waals surface area contributed by atoms with Gasteiger partial charge in [0.15, 0.2) is 0 Å². The Balaban J connectivity index is 1.34. The zero-order valence-electron chi connectivity index (χ0n) is 14.7. The number of fused-ring (bicyclic) bond motifs is 1. The van der Waals surface area contributed by atoms with Gasteiger partial charge in [-0.1, -0.05) is 25.1 Å². The van der Waals surface area contributed by atoms with E-state index >= 15 is 0 Å². The van der Waals surface area contributed by atoms with Gasteiger partial charge in [0, 0.05) is 43.5 Å². The SMILES string of the molecule is C[C@H](CC(=O)N1CCN(C(=O)c2cc3ccccc3[nH]2)CC1)C1CC1. The van der Waals surface area contributed by atoms with Crippen LogP contribution in [0.3, 0.4) is 0 Å². The normalized spacial score (nSPS) is 19.2. The average molecular weight is 339 g/mol. The Morgan fingerprint density at radius 1 is 1.12 bits per heavy atom. The van der Waals surface area contributed by atoms with Crippen LogP contribution in [0.2, 0.25) is 0 Å². The minimum Gasteiger partial charge on any atom is -0.351 e. The van der Waals surface area contributed by atoms with E-state index in [1.54, 1.807) is 0 Å². The number of piperazine rings is 1. The Bertz CT molecular complexity index is 752. The lowest BCUT2D eigenvalue weighted by atomic mass is 10.0. The fourth-order valence-corrected chi connectivity index (χ4v) is 3.75. The van der Waals surface area contributed by atoms with Gasteiger partial charge in [-0.2, -0.15) is 0 Å². The van der Waals surface area contributed by atoms with Gasteiger partial charge in [0.25, 0.3) is 5.91 Å². The van der Waals surface area contributed by atoms with Crippen molar-refractivity contribution >= 4 is 22.7 Å². The molecule has 1 atom stereocenters. The number of benzene rings is 1. The molecule has 0 unspecified atom stereocenters. The highest BCUT2D eigenvalue weighted by molar-refractivity contribution is 5.98. The first-order chi connectivity index (χ1) is 12.1. The summed E-state index contributed by atoms with van der Waals surface area (Å²) in [6.45, 7) is 4.69. The first-order valence-electron chi connectivity index (χ1n) is 9.26. The Morgan fingerprint density at radius 3 is 2.48 bits per heavy atom. The van der Waals surface area contributed by atoms with Crippen LogP contribution in [0.5, 0.6) is 0 Å². The molecule has 1 N–H and O–H groups in total. The number of nitrogens with zero attached hydrogens (tertiary/aromatic N) is 2. The van der Waals surface area contributed by atoms with Gasteiger partial charge < -0.3 is 14.8 Å². The molecule has 2 fully saturated rings. The zero-order chi connectivity index (χ0) is 17.4. The van der Waals surface area contributed by atoms with Crippen molar-refractivity contribution in [3.05, 3.63) is 36.0 Å². The quantitative estimate of drug-likeness (QED) is 0.931. The van der Waals surface area contributed by atoms with Crippen LogP contribution in [0.4, 0.5) is 0 Å². The lowest BCUT2D eigenvalue weighted by Crippen LogP contribution is -2.50. The molecule has 0 spiro atoms. The number of carbonyl (C=O) groups is 2. The third kappa shape index (κ3) is 3.41.